The SMILES string of the molecule is O=C(c1ccc(NS(=O)(=O)c2cccc3cccnc23)cc1Cl)N1CCN(CC2CCCCO2)CC1. The molecule has 0 saturated carbocycles. The maximum atomic E-state index is 13.1. The van der Waals surface area contributed by atoms with Gasteiger partial charge in [0.25, 0.3) is 15.9 Å². The number of aromatic nitrogens is 1. The zero-order valence-electron chi connectivity index (χ0n) is 19.9. The van der Waals surface area contributed by atoms with Gasteiger partial charge in [0.2, 0.25) is 0 Å². The summed E-state index contributed by atoms with van der Waals surface area (Å²) >= 11 is 6.45. The number of amides is 1. The second-order valence-electron chi connectivity index (χ2n) is 9.21. The largest absolute Gasteiger partial charge is 0.377 e. The van der Waals surface area contributed by atoms with Crippen molar-refractivity contribution in [3.63, 3.8) is 0 Å². The first kappa shape index (κ1) is 25.0. The van der Waals surface area contributed by atoms with Crippen molar-refractivity contribution in [3.8, 4) is 0 Å². The smallest absolute Gasteiger partial charge is 0.264 e. The van der Waals surface area contributed by atoms with Gasteiger partial charge in [-0.25, -0.2) is 8.42 Å². The summed E-state index contributed by atoms with van der Waals surface area (Å²) < 4.78 is 34.6. The first-order valence-electron chi connectivity index (χ1n) is 12.2. The van der Waals surface area contributed by atoms with Crippen LogP contribution in [0.15, 0.2) is 59.6 Å². The average molecular weight is 529 g/mol. The van der Waals surface area contributed by atoms with Crippen LogP contribution in [0.1, 0.15) is 29.6 Å². The van der Waals surface area contributed by atoms with E-state index in [-0.39, 0.29) is 27.6 Å². The number of nitrogens with one attached hydrogen (secondary N) is 1. The predicted molar refractivity (Wildman–Crippen MR) is 140 cm³/mol. The normalized spacial score (nSPS) is 19.4. The van der Waals surface area contributed by atoms with Crippen molar-refractivity contribution in [2.75, 3.05) is 44.1 Å². The summed E-state index contributed by atoms with van der Waals surface area (Å²) in [6.07, 6.45) is 5.30. The highest BCUT2D eigenvalue weighted by Crippen LogP contribution is 2.27. The van der Waals surface area contributed by atoms with E-state index in [0.29, 0.717) is 24.2 Å². The maximum Gasteiger partial charge on any atom is 0.264 e. The second kappa shape index (κ2) is 10.7. The number of halogens is 1. The van der Waals surface area contributed by atoms with Crippen LogP contribution in [-0.2, 0) is 14.8 Å². The Kier molecular flexibility index (Phi) is 7.43. The number of anilines is 1. The molecule has 0 spiro atoms. The summed E-state index contributed by atoms with van der Waals surface area (Å²) in [5.41, 5.74) is 1.02. The number of piperazine rings is 1. The van der Waals surface area contributed by atoms with E-state index in [0.717, 1.165) is 44.5 Å². The van der Waals surface area contributed by atoms with Gasteiger partial charge in [-0.05, 0) is 49.6 Å². The summed E-state index contributed by atoms with van der Waals surface area (Å²) in [6.45, 7) is 4.56. The number of nitrogens with zero attached hydrogens (tertiary/aromatic N) is 3. The second-order valence-corrected chi connectivity index (χ2v) is 11.3. The fourth-order valence-corrected chi connectivity index (χ4v) is 6.29. The number of fused-ring (bicyclic) bond motifs is 1. The molecule has 2 saturated heterocycles. The Bertz CT molecular complexity index is 1350. The highest BCUT2D eigenvalue weighted by Gasteiger charge is 2.26. The molecule has 0 aliphatic carbocycles. The van der Waals surface area contributed by atoms with E-state index in [1.165, 1.54) is 18.6 Å². The van der Waals surface area contributed by atoms with Crippen molar-refractivity contribution in [1.82, 2.24) is 14.8 Å². The molecule has 3 heterocycles. The minimum atomic E-state index is -3.91. The number of pyridine rings is 1. The standard InChI is InChI=1S/C26H29ClN4O4S/c27-23-17-20(29-36(33,34)24-8-3-5-19-6-4-11-28-25(19)24)9-10-22(23)26(32)31-14-12-30(13-15-31)18-21-7-1-2-16-35-21/h3-6,8-11,17,21,29H,1-2,7,12-16,18H2. The third-order valence-electron chi connectivity index (χ3n) is 6.73. The van der Waals surface area contributed by atoms with Crippen molar-refractivity contribution in [3.05, 3.63) is 65.3 Å². The number of hydrogen-bond acceptors (Lipinski definition) is 6. The van der Waals surface area contributed by atoms with Crippen molar-refractivity contribution in [2.45, 2.75) is 30.3 Å². The van der Waals surface area contributed by atoms with Crippen LogP contribution in [0.25, 0.3) is 10.9 Å². The lowest BCUT2D eigenvalue weighted by Crippen LogP contribution is -2.50. The van der Waals surface area contributed by atoms with Gasteiger partial charge in [-0.3, -0.25) is 19.4 Å². The Morgan fingerprint density at radius 1 is 1.08 bits per heavy atom. The van der Waals surface area contributed by atoms with Crippen LogP contribution >= 0.6 is 11.6 Å². The molecule has 2 aliphatic heterocycles. The van der Waals surface area contributed by atoms with Gasteiger partial charge in [0, 0.05) is 50.9 Å². The molecule has 8 nitrogen and oxygen atoms in total. The molecule has 10 heteroatoms. The molecular weight excluding hydrogens is 500 g/mol. The van der Waals surface area contributed by atoms with Crippen molar-refractivity contribution < 1.29 is 17.9 Å². The van der Waals surface area contributed by atoms with Gasteiger partial charge in [-0.1, -0.05) is 29.8 Å². The molecule has 0 bridgehead atoms. The molecule has 1 N–H and O–H groups in total. The summed E-state index contributed by atoms with van der Waals surface area (Å²) in [5.74, 6) is -0.152. The topological polar surface area (TPSA) is 91.8 Å². The molecule has 1 atom stereocenters. The van der Waals surface area contributed by atoms with E-state index < -0.39 is 10.0 Å². The number of carbonyl (C=O) groups excluding carboxylic acids is 1. The van der Waals surface area contributed by atoms with Crippen LogP contribution in [0.4, 0.5) is 5.69 Å². The van der Waals surface area contributed by atoms with Crippen LogP contribution in [0.2, 0.25) is 5.02 Å². The number of rotatable bonds is 6. The predicted octanol–water partition coefficient (Wildman–Crippen LogP) is 4.02. The van der Waals surface area contributed by atoms with Crippen LogP contribution in [0, 0.1) is 0 Å². The minimum Gasteiger partial charge on any atom is -0.377 e. The molecular formula is C26H29ClN4O4S. The van der Waals surface area contributed by atoms with Gasteiger partial charge >= 0.3 is 0 Å². The molecule has 0 radical (unpaired) electrons. The molecule has 2 fully saturated rings. The molecule has 1 aromatic heterocycles. The van der Waals surface area contributed by atoms with Gasteiger partial charge in [0.05, 0.1) is 27.9 Å². The number of carbonyl (C=O) groups is 1. The highest BCUT2D eigenvalue weighted by molar-refractivity contribution is 7.93. The lowest BCUT2D eigenvalue weighted by atomic mass is 10.1. The van der Waals surface area contributed by atoms with Gasteiger partial charge < -0.3 is 9.64 Å². The van der Waals surface area contributed by atoms with Crippen LogP contribution in [0.3, 0.4) is 0 Å². The fraction of sp³-hybridized carbons (Fsp3) is 0.385. The lowest BCUT2D eigenvalue weighted by Gasteiger charge is -2.37. The molecule has 2 aromatic carbocycles. The van der Waals surface area contributed by atoms with Gasteiger partial charge in [-0.15, -0.1) is 0 Å². The molecule has 1 unspecified atom stereocenters. The van der Waals surface area contributed by atoms with E-state index in [1.807, 2.05) is 12.1 Å². The van der Waals surface area contributed by atoms with Gasteiger partial charge in [0.1, 0.15) is 4.90 Å². The molecule has 3 aromatic rings. The van der Waals surface area contributed by atoms with Gasteiger partial charge in [-0.2, -0.15) is 0 Å². The third-order valence-corrected chi connectivity index (χ3v) is 8.46. The Morgan fingerprint density at radius 2 is 1.89 bits per heavy atom. The van der Waals surface area contributed by atoms with Crippen LogP contribution in [0.5, 0.6) is 0 Å². The summed E-state index contributed by atoms with van der Waals surface area (Å²) in [6, 6.07) is 13.2. The fourth-order valence-electron chi connectivity index (χ4n) is 4.80. The highest BCUT2D eigenvalue weighted by atomic mass is 35.5. The number of ether oxygens (including phenoxy) is 1. The Hall–Kier alpha value is -2.72. The lowest BCUT2D eigenvalue weighted by molar-refractivity contribution is -0.0130. The first-order chi connectivity index (χ1) is 17.4. The van der Waals surface area contributed by atoms with E-state index in [4.69, 9.17) is 16.3 Å². The number of benzene rings is 2. The van der Waals surface area contributed by atoms with Gasteiger partial charge in [0.15, 0.2) is 0 Å². The van der Waals surface area contributed by atoms with E-state index in [2.05, 4.69) is 14.6 Å². The molecule has 36 heavy (non-hydrogen) atoms. The van der Waals surface area contributed by atoms with Crippen LogP contribution in [-0.4, -0.2) is 74.5 Å². The number of hydrogen-bond donors (Lipinski definition) is 1. The Morgan fingerprint density at radius 3 is 2.64 bits per heavy atom. The number of sulfonamides is 1. The minimum absolute atomic E-state index is 0.0772. The molecule has 2 aliphatic rings. The van der Waals surface area contributed by atoms with Crippen molar-refractivity contribution in [1.29, 1.82) is 0 Å². The zero-order valence-corrected chi connectivity index (χ0v) is 21.5. The molecule has 190 valence electrons. The van der Waals surface area contributed by atoms with E-state index in [1.54, 1.807) is 35.4 Å². The number of para-hydroxylation sites is 1. The Labute approximate surface area is 216 Å². The van der Waals surface area contributed by atoms with Crippen molar-refractivity contribution >= 4 is 44.1 Å². The average Bonchev–Trinajstić information content (AvgIpc) is 2.89. The maximum absolute atomic E-state index is 13.1. The third kappa shape index (κ3) is 5.49. The molecule has 5 rings (SSSR count). The quantitative estimate of drug-likeness (QED) is 0.519. The summed E-state index contributed by atoms with van der Waals surface area (Å²) in [7, 11) is -3.91. The van der Waals surface area contributed by atoms with E-state index in [9.17, 15) is 13.2 Å². The first-order valence-corrected chi connectivity index (χ1v) is 14.1. The van der Waals surface area contributed by atoms with Crippen molar-refractivity contribution in [2.24, 2.45) is 0 Å². The molecule has 1 amide bonds. The summed E-state index contributed by atoms with van der Waals surface area (Å²) in [5, 5.41) is 0.931. The van der Waals surface area contributed by atoms with Crippen LogP contribution < -0.4 is 4.72 Å². The zero-order chi connectivity index (χ0) is 25.1. The summed E-state index contributed by atoms with van der Waals surface area (Å²) in [4.78, 5) is 21.6. The monoisotopic (exact) mass is 528 g/mol. The van der Waals surface area contributed by atoms with E-state index >= 15 is 0 Å². The Balaban J connectivity index is 1.24.